The third-order valence-corrected chi connectivity index (χ3v) is 5.93. The van der Waals surface area contributed by atoms with Gasteiger partial charge in [-0.3, -0.25) is 19.5 Å². The summed E-state index contributed by atoms with van der Waals surface area (Å²) in [6.07, 6.45) is 3.30. The number of carbonyl (C=O) groups excluding carboxylic acids is 2. The topological polar surface area (TPSA) is 114 Å². The Balaban J connectivity index is 1.90. The Kier molecular flexibility index (Phi) is 6.55. The number of aliphatic hydroxyl groups is 1. The first-order chi connectivity index (χ1) is 15.9. The van der Waals surface area contributed by atoms with Crippen LogP contribution in [0.5, 0.6) is 0 Å². The van der Waals surface area contributed by atoms with Crippen LogP contribution in [0.1, 0.15) is 59.5 Å². The average Bonchev–Trinajstić information content (AvgIpc) is 3.18. The van der Waals surface area contributed by atoms with Crippen molar-refractivity contribution in [3.63, 3.8) is 0 Å². The van der Waals surface area contributed by atoms with Crippen molar-refractivity contribution in [3.05, 3.63) is 65.2 Å². The molecule has 2 aromatic heterocycles. The molecule has 0 saturated heterocycles. The Bertz CT molecular complexity index is 1150. The van der Waals surface area contributed by atoms with Crippen LogP contribution < -0.4 is 5.73 Å². The summed E-state index contributed by atoms with van der Waals surface area (Å²) < 4.78 is 1.86. The van der Waals surface area contributed by atoms with Gasteiger partial charge < -0.3 is 15.4 Å². The standard InChI is InChI=1S/C25H29N5O3/c1-3-5-20-21-22(25(33)29(24(20)32)12-4-13-31)30(15-19-11-10-18(26)14-27-19)23(28-21)17-8-6-16(2)7-9-17/h6-11,14,20,31H,3-5,12-13,15,26H2,1-2H3. The molecule has 3 aromatic rings. The highest BCUT2D eigenvalue weighted by Crippen LogP contribution is 2.36. The number of imide groups is 1. The number of amides is 2. The highest BCUT2D eigenvalue weighted by Gasteiger charge is 2.42. The minimum absolute atomic E-state index is 0.0917. The van der Waals surface area contributed by atoms with E-state index in [9.17, 15) is 14.7 Å². The first-order valence-electron chi connectivity index (χ1n) is 11.3. The minimum atomic E-state index is -0.494. The second-order valence-corrected chi connectivity index (χ2v) is 8.42. The van der Waals surface area contributed by atoms with Gasteiger partial charge in [-0.15, -0.1) is 0 Å². The van der Waals surface area contributed by atoms with Gasteiger partial charge in [-0.1, -0.05) is 43.2 Å². The average molecular weight is 448 g/mol. The van der Waals surface area contributed by atoms with Crippen molar-refractivity contribution in [2.75, 3.05) is 18.9 Å². The largest absolute Gasteiger partial charge is 0.397 e. The Morgan fingerprint density at radius 3 is 2.52 bits per heavy atom. The van der Waals surface area contributed by atoms with Gasteiger partial charge in [0, 0.05) is 18.7 Å². The smallest absolute Gasteiger partial charge is 0.279 e. The number of nitrogens with zero attached hydrogens (tertiary/aromatic N) is 4. The molecule has 1 aromatic carbocycles. The van der Waals surface area contributed by atoms with Crippen molar-refractivity contribution in [1.29, 1.82) is 0 Å². The summed E-state index contributed by atoms with van der Waals surface area (Å²) in [7, 11) is 0. The fourth-order valence-corrected chi connectivity index (χ4v) is 4.23. The lowest BCUT2D eigenvalue weighted by Crippen LogP contribution is -2.46. The molecule has 1 unspecified atom stereocenters. The summed E-state index contributed by atoms with van der Waals surface area (Å²) >= 11 is 0. The molecule has 8 nitrogen and oxygen atoms in total. The lowest BCUT2D eigenvalue weighted by atomic mass is 9.92. The van der Waals surface area contributed by atoms with Gasteiger partial charge in [-0.05, 0) is 31.9 Å². The van der Waals surface area contributed by atoms with Gasteiger partial charge in [0.25, 0.3) is 5.91 Å². The van der Waals surface area contributed by atoms with Crippen LogP contribution >= 0.6 is 0 Å². The van der Waals surface area contributed by atoms with Crippen LogP contribution in [0.4, 0.5) is 5.69 Å². The fraction of sp³-hybridized carbons (Fsp3) is 0.360. The Morgan fingerprint density at radius 2 is 1.88 bits per heavy atom. The molecule has 1 aliphatic heterocycles. The number of carbonyl (C=O) groups is 2. The Morgan fingerprint density at radius 1 is 1.12 bits per heavy atom. The molecule has 3 heterocycles. The summed E-state index contributed by atoms with van der Waals surface area (Å²) in [4.78, 5) is 37.4. The van der Waals surface area contributed by atoms with Crippen molar-refractivity contribution >= 4 is 17.5 Å². The lowest BCUT2D eigenvalue weighted by molar-refractivity contribution is -0.131. The van der Waals surface area contributed by atoms with Gasteiger partial charge >= 0.3 is 0 Å². The van der Waals surface area contributed by atoms with Gasteiger partial charge in [0.15, 0.2) is 0 Å². The molecule has 0 radical (unpaired) electrons. The van der Waals surface area contributed by atoms with Gasteiger partial charge in [0.2, 0.25) is 5.91 Å². The minimum Gasteiger partial charge on any atom is -0.397 e. The van der Waals surface area contributed by atoms with Crippen LogP contribution in [0.2, 0.25) is 0 Å². The molecule has 0 bridgehead atoms. The number of benzene rings is 1. The second kappa shape index (κ2) is 9.54. The van der Waals surface area contributed by atoms with Crippen molar-refractivity contribution in [1.82, 2.24) is 19.4 Å². The molecule has 0 fully saturated rings. The molecule has 172 valence electrons. The van der Waals surface area contributed by atoms with Crippen molar-refractivity contribution in [3.8, 4) is 11.4 Å². The molecule has 0 spiro atoms. The number of aliphatic hydroxyl groups excluding tert-OH is 1. The number of anilines is 1. The maximum atomic E-state index is 13.6. The second-order valence-electron chi connectivity index (χ2n) is 8.42. The quantitative estimate of drug-likeness (QED) is 0.513. The lowest BCUT2D eigenvalue weighted by Gasteiger charge is -2.30. The number of hydrogen-bond donors (Lipinski definition) is 2. The zero-order valence-corrected chi connectivity index (χ0v) is 19.0. The van der Waals surface area contributed by atoms with E-state index in [1.165, 1.54) is 4.90 Å². The highest BCUT2D eigenvalue weighted by atomic mass is 16.3. The van der Waals surface area contributed by atoms with E-state index in [0.717, 1.165) is 23.2 Å². The predicted octanol–water partition coefficient (Wildman–Crippen LogP) is 3.13. The number of fused-ring (bicyclic) bond motifs is 1. The number of imidazole rings is 1. The molecule has 3 N–H and O–H groups in total. The highest BCUT2D eigenvalue weighted by molar-refractivity contribution is 6.10. The van der Waals surface area contributed by atoms with Crippen LogP contribution in [-0.4, -0.2) is 49.5 Å². The van der Waals surface area contributed by atoms with Crippen LogP contribution in [0, 0.1) is 6.92 Å². The van der Waals surface area contributed by atoms with Crippen molar-refractivity contribution in [2.45, 2.75) is 45.6 Å². The molecule has 0 saturated carbocycles. The summed E-state index contributed by atoms with van der Waals surface area (Å²) in [5, 5.41) is 9.30. The van der Waals surface area contributed by atoms with Gasteiger partial charge in [-0.25, -0.2) is 4.98 Å². The molecule has 1 aliphatic rings. The molecular weight excluding hydrogens is 418 g/mol. The molecule has 1 atom stereocenters. The third-order valence-electron chi connectivity index (χ3n) is 5.93. The van der Waals surface area contributed by atoms with Gasteiger partial charge in [-0.2, -0.15) is 0 Å². The Labute approximate surface area is 193 Å². The number of nitrogens with two attached hydrogens (primary N) is 1. The van der Waals surface area contributed by atoms with E-state index in [0.29, 0.717) is 42.3 Å². The summed E-state index contributed by atoms with van der Waals surface area (Å²) in [5.41, 5.74) is 10.0. The van der Waals surface area contributed by atoms with E-state index < -0.39 is 5.92 Å². The third kappa shape index (κ3) is 4.39. The van der Waals surface area contributed by atoms with Crippen LogP contribution in [-0.2, 0) is 11.3 Å². The van der Waals surface area contributed by atoms with E-state index in [1.54, 1.807) is 12.3 Å². The Hall–Kier alpha value is -3.52. The number of nitrogen functional groups attached to an aromatic ring is 1. The molecule has 2 amide bonds. The zero-order valence-electron chi connectivity index (χ0n) is 19.0. The van der Waals surface area contributed by atoms with E-state index >= 15 is 0 Å². The van der Waals surface area contributed by atoms with E-state index in [4.69, 9.17) is 10.7 Å². The van der Waals surface area contributed by atoms with E-state index in [2.05, 4.69) is 4.98 Å². The zero-order chi connectivity index (χ0) is 23.5. The van der Waals surface area contributed by atoms with E-state index in [1.807, 2.05) is 48.7 Å². The summed E-state index contributed by atoms with van der Waals surface area (Å²) in [6, 6.07) is 11.5. The maximum Gasteiger partial charge on any atom is 0.279 e. The number of aromatic nitrogens is 3. The first kappa shape index (κ1) is 22.7. The number of pyridine rings is 1. The summed E-state index contributed by atoms with van der Waals surface area (Å²) in [5.74, 6) is -0.485. The first-order valence-corrected chi connectivity index (χ1v) is 11.3. The molecular formula is C25H29N5O3. The monoisotopic (exact) mass is 447 g/mol. The normalized spacial score (nSPS) is 15.7. The maximum absolute atomic E-state index is 13.6. The number of aryl methyl sites for hydroxylation is 1. The van der Waals surface area contributed by atoms with Crippen molar-refractivity contribution < 1.29 is 14.7 Å². The van der Waals surface area contributed by atoms with Crippen LogP contribution in [0.3, 0.4) is 0 Å². The van der Waals surface area contributed by atoms with Gasteiger partial charge in [0.1, 0.15) is 11.5 Å². The fourth-order valence-electron chi connectivity index (χ4n) is 4.23. The van der Waals surface area contributed by atoms with Gasteiger partial charge in [0.05, 0.1) is 35.7 Å². The van der Waals surface area contributed by atoms with Crippen LogP contribution in [0.25, 0.3) is 11.4 Å². The summed E-state index contributed by atoms with van der Waals surface area (Å²) in [6.45, 7) is 4.43. The molecule has 4 rings (SSSR count). The number of hydrogen-bond acceptors (Lipinski definition) is 6. The molecule has 33 heavy (non-hydrogen) atoms. The van der Waals surface area contributed by atoms with Crippen LogP contribution in [0.15, 0.2) is 42.6 Å². The van der Waals surface area contributed by atoms with E-state index in [-0.39, 0.29) is 25.0 Å². The molecule has 0 aliphatic carbocycles. The molecule has 8 heteroatoms. The van der Waals surface area contributed by atoms with Crippen molar-refractivity contribution in [2.24, 2.45) is 0 Å². The predicted molar refractivity (Wildman–Crippen MR) is 126 cm³/mol. The SMILES string of the molecule is CCCC1C(=O)N(CCCO)C(=O)c2c1nc(-c1ccc(C)cc1)n2Cc1ccc(N)cn1. The number of rotatable bonds is 8.